The molecule has 0 amide bonds. The van der Waals surface area contributed by atoms with Crippen LogP contribution in [-0.2, 0) is 6.42 Å². The summed E-state index contributed by atoms with van der Waals surface area (Å²) in [6, 6.07) is 4.51. The minimum absolute atomic E-state index is 0.126. The van der Waals surface area contributed by atoms with Crippen molar-refractivity contribution in [1.82, 2.24) is 0 Å². The number of hydrogen-bond acceptors (Lipinski definition) is 2. The van der Waals surface area contributed by atoms with E-state index in [1.54, 1.807) is 12.1 Å². The summed E-state index contributed by atoms with van der Waals surface area (Å²) in [7, 11) is 0. The van der Waals surface area contributed by atoms with E-state index < -0.39 is 5.82 Å². The average Bonchev–Trinajstić information content (AvgIpc) is 2.58. The van der Waals surface area contributed by atoms with Crippen molar-refractivity contribution in [3.8, 4) is 0 Å². The zero-order chi connectivity index (χ0) is 14.2. The van der Waals surface area contributed by atoms with E-state index in [1.165, 1.54) is 6.07 Å². The fraction of sp³-hybridized carbons (Fsp3) is 0.333. The molecule has 4 heteroatoms. The summed E-state index contributed by atoms with van der Waals surface area (Å²) >= 11 is 5.78. The summed E-state index contributed by atoms with van der Waals surface area (Å²) in [6.07, 6.45) is 0.598. The van der Waals surface area contributed by atoms with Gasteiger partial charge in [0.1, 0.15) is 17.3 Å². The van der Waals surface area contributed by atoms with Crippen molar-refractivity contribution in [1.29, 1.82) is 0 Å². The Morgan fingerprint density at radius 2 is 1.95 bits per heavy atom. The molecule has 2 nitrogen and oxygen atoms in total. The molecule has 0 fully saturated rings. The van der Waals surface area contributed by atoms with E-state index in [-0.39, 0.29) is 11.1 Å². The zero-order valence-corrected chi connectivity index (χ0v) is 12.0. The standard InChI is InChI=1S/C15H17ClFNO/c1-8-9(2)19-10(3)15(8)14(18)7-11-4-5-13(17)12(16)6-11/h4-6,14H,7,18H2,1-3H3. The lowest BCUT2D eigenvalue weighted by atomic mass is 9.96. The first-order valence-corrected chi connectivity index (χ1v) is 6.54. The Hall–Kier alpha value is -1.32. The van der Waals surface area contributed by atoms with E-state index in [0.717, 1.165) is 28.2 Å². The van der Waals surface area contributed by atoms with E-state index in [4.69, 9.17) is 21.8 Å². The highest BCUT2D eigenvalue weighted by Crippen LogP contribution is 2.28. The molecule has 0 spiro atoms. The van der Waals surface area contributed by atoms with Crippen LogP contribution < -0.4 is 5.73 Å². The minimum Gasteiger partial charge on any atom is -0.466 e. The van der Waals surface area contributed by atoms with Crippen LogP contribution in [0.15, 0.2) is 22.6 Å². The van der Waals surface area contributed by atoms with E-state index in [0.29, 0.717) is 6.42 Å². The van der Waals surface area contributed by atoms with Crippen LogP contribution in [0.3, 0.4) is 0 Å². The van der Waals surface area contributed by atoms with Gasteiger partial charge in [0.15, 0.2) is 0 Å². The third-order valence-electron chi connectivity index (χ3n) is 3.43. The smallest absolute Gasteiger partial charge is 0.141 e. The van der Waals surface area contributed by atoms with Crippen LogP contribution in [0.5, 0.6) is 0 Å². The summed E-state index contributed by atoms with van der Waals surface area (Å²) in [5, 5.41) is 0.126. The molecule has 102 valence electrons. The maximum absolute atomic E-state index is 13.1. The highest BCUT2D eigenvalue weighted by atomic mass is 35.5. The maximum Gasteiger partial charge on any atom is 0.141 e. The highest BCUT2D eigenvalue weighted by Gasteiger charge is 2.18. The number of nitrogens with two attached hydrogens (primary N) is 1. The third-order valence-corrected chi connectivity index (χ3v) is 3.72. The van der Waals surface area contributed by atoms with Gasteiger partial charge >= 0.3 is 0 Å². The predicted molar refractivity (Wildman–Crippen MR) is 75.0 cm³/mol. The Bertz CT molecular complexity index is 606. The van der Waals surface area contributed by atoms with E-state index in [9.17, 15) is 4.39 Å². The second kappa shape index (κ2) is 5.35. The molecular weight excluding hydrogens is 265 g/mol. The van der Waals surface area contributed by atoms with Crippen LogP contribution in [0.25, 0.3) is 0 Å². The van der Waals surface area contributed by atoms with Gasteiger partial charge in [-0.25, -0.2) is 4.39 Å². The molecule has 0 radical (unpaired) electrons. The molecule has 0 saturated carbocycles. The molecule has 2 aromatic rings. The van der Waals surface area contributed by atoms with Crippen LogP contribution in [-0.4, -0.2) is 0 Å². The monoisotopic (exact) mass is 281 g/mol. The molecule has 1 atom stereocenters. The number of benzene rings is 1. The second-order valence-corrected chi connectivity index (χ2v) is 5.22. The third kappa shape index (κ3) is 2.82. The Kier molecular flexibility index (Phi) is 3.97. The van der Waals surface area contributed by atoms with Crippen molar-refractivity contribution < 1.29 is 8.81 Å². The van der Waals surface area contributed by atoms with Gasteiger partial charge in [-0.3, -0.25) is 0 Å². The van der Waals surface area contributed by atoms with Gasteiger partial charge in [0.25, 0.3) is 0 Å². The molecular formula is C15H17ClFNO. The molecule has 19 heavy (non-hydrogen) atoms. The average molecular weight is 282 g/mol. The number of halogens is 2. The SMILES string of the molecule is Cc1oc(C)c(C(N)Cc2ccc(F)c(Cl)c2)c1C. The molecule has 0 bridgehead atoms. The molecule has 1 unspecified atom stereocenters. The lowest BCUT2D eigenvalue weighted by molar-refractivity contribution is 0.496. The first-order chi connectivity index (χ1) is 8.90. The first kappa shape index (κ1) is 14.1. The lowest BCUT2D eigenvalue weighted by Crippen LogP contribution is -2.15. The van der Waals surface area contributed by atoms with Crippen molar-refractivity contribution in [3.05, 3.63) is 57.2 Å². The van der Waals surface area contributed by atoms with Gasteiger partial charge in [-0.15, -0.1) is 0 Å². The Labute approximate surface area is 117 Å². The van der Waals surface area contributed by atoms with Crippen molar-refractivity contribution in [2.45, 2.75) is 33.2 Å². The fourth-order valence-corrected chi connectivity index (χ4v) is 2.58. The van der Waals surface area contributed by atoms with Gasteiger partial charge < -0.3 is 10.2 Å². The van der Waals surface area contributed by atoms with Crippen molar-refractivity contribution in [2.24, 2.45) is 5.73 Å². The summed E-state index contributed by atoms with van der Waals surface area (Å²) in [6.45, 7) is 5.83. The molecule has 2 N–H and O–H groups in total. The first-order valence-electron chi connectivity index (χ1n) is 6.16. The molecule has 0 aliphatic carbocycles. The van der Waals surface area contributed by atoms with Crippen LogP contribution >= 0.6 is 11.6 Å². The molecule has 1 aromatic carbocycles. The molecule has 0 saturated heterocycles. The Morgan fingerprint density at radius 1 is 1.26 bits per heavy atom. The maximum atomic E-state index is 13.1. The summed E-state index contributed by atoms with van der Waals surface area (Å²) < 4.78 is 18.7. The van der Waals surface area contributed by atoms with E-state index in [2.05, 4.69) is 0 Å². The molecule has 1 aromatic heterocycles. The largest absolute Gasteiger partial charge is 0.466 e. The van der Waals surface area contributed by atoms with Crippen molar-refractivity contribution in [2.75, 3.05) is 0 Å². The molecule has 1 heterocycles. The number of rotatable bonds is 3. The van der Waals surface area contributed by atoms with Crippen LogP contribution in [0, 0.1) is 26.6 Å². The molecule has 0 aliphatic heterocycles. The fourth-order valence-electron chi connectivity index (χ4n) is 2.38. The van der Waals surface area contributed by atoms with Gasteiger partial charge in [-0.2, -0.15) is 0 Å². The molecule has 2 rings (SSSR count). The quantitative estimate of drug-likeness (QED) is 0.914. The number of furan rings is 1. The van der Waals surface area contributed by atoms with Gasteiger partial charge in [-0.1, -0.05) is 17.7 Å². The topological polar surface area (TPSA) is 39.2 Å². The van der Waals surface area contributed by atoms with Gasteiger partial charge in [0.05, 0.1) is 5.02 Å². The Balaban J connectivity index is 2.25. The second-order valence-electron chi connectivity index (χ2n) is 4.81. The Morgan fingerprint density at radius 3 is 2.47 bits per heavy atom. The van der Waals surface area contributed by atoms with E-state index >= 15 is 0 Å². The van der Waals surface area contributed by atoms with Crippen molar-refractivity contribution in [3.63, 3.8) is 0 Å². The normalized spacial score (nSPS) is 12.7. The van der Waals surface area contributed by atoms with Crippen molar-refractivity contribution >= 4 is 11.6 Å². The molecule has 0 aliphatic rings. The summed E-state index contributed by atoms with van der Waals surface area (Å²) in [4.78, 5) is 0. The van der Waals surface area contributed by atoms with Gasteiger partial charge in [0, 0.05) is 11.6 Å². The number of aryl methyl sites for hydroxylation is 2. The van der Waals surface area contributed by atoms with Gasteiger partial charge in [0.2, 0.25) is 0 Å². The highest BCUT2D eigenvalue weighted by molar-refractivity contribution is 6.30. The van der Waals surface area contributed by atoms with Gasteiger partial charge in [-0.05, 0) is 50.5 Å². The van der Waals surface area contributed by atoms with E-state index in [1.807, 2.05) is 20.8 Å². The lowest BCUT2D eigenvalue weighted by Gasteiger charge is -2.13. The van der Waals surface area contributed by atoms with Crippen LogP contribution in [0.2, 0.25) is 5.02 Å². The summed E-state index contributed by atoms with van der Waals surface area (Å²) in [5.74, 6) is 1.32. The summed E-state index contributed by atoms with van der Waals surface area (Å²) in [5.41, 5.74) is 9.25. The predicted octanol–water partition coefficient (Wildman–Crippen LogP) is 4.24. The number of hydrogen-bond donors (Lipinski definition) is 1. The zero-order valence-electron chi connectivity index (χ0n) is 11.3. The van der Waals surface area contributed by atoms with Crippen LogP contribution in [0.4, 0.5) is 4.39 Å². The minimum atomic E-state index is -0.412. The van der Waals surface area contributed by atoms with Crippen LogP contribution in [0.1, 0.15) is 34.3 Å².